The Labute approximate surface area is 131 Å². The van der Waals surface area contributed by atoms with E-state index in [0.29, 0.717) is 12.7 Å². The lowest BCUT2D eigenvalue weighted by molar-refractivity contribution is 0.00438. The minimum atomic E-state index is -4.34. The molecular formula is C12H13Cl2FO5S. The van der Waals surface area contributed by atoms with Crippen molar-refractivity contribution in [3.8, 4) is 0 Å². The average molecular weight is 359 g/mol. The maximum absolute atomic E-state index is 13.5. The van der Waals surface area contributed by atoms with Crippen LogP contribution in [0.5, 0.6) is 0 Å². The van der Waals surface area contributed by atoms with Crippen LogP contribution >= 0.6 is 22.3 Å². The molecule has 0 radical (unpaired) electrons. The summed E-state index contributed by atoms with van der Waals surface area (Å²) in [7, 11) is 0.741. The number of ether oxygens (including phenoxy) is 2. The fraction of sp³-hybridized carbons (Fsp3) is 0.417. The molecule has 1 aromatic carbocycles. The second-order valence-corrected chi connectivity index (χ2v) is 7.02. The Morgan fingerprint density at radius 3 is 2.57 bits per heavy atom. The fourth-order valence-electron chi connectivity index (χ4n) is 1.44. The predicted molar refractivity (Wildman–Crippen MR) is 75.8 cm³/mol. The molecule has 0 spiro atoms. The molecule has 1 atom stereocenters. The molecule has 118 valence electrons. The van der Waals surface area contributed by atoms with Gasteiger partial charge in [-0.15, -0.1) is 0 Å². The van der Waals surface area contributed by atoms with Crippen molar-refractivity contribution in [2.24, 2.45) is 0 Å². The number of carbonyl (C=O) groups excluding carboxylic acids is 1. The van der Waals surface area contributed by atoms with E-state index < -0.39 is 31.8 Å². The van der Waals surface area contributed by atoms with Crippen LogP contribution in [0, 0.1) is 5.82 Å². The quantitative estimate of drug-likeness (QED) is 0.577. The number of carbonyl (C=O) groups is 1. The van der Waals surface area contributed by atoms with E-state index in [1.165, 1.54) is 0 Å². The van der Waals surface area contributed by atoms with Gasteiger partial charge in [0.25, 0.3) is 9.05 Å². The van der Waals surface area contributed by atoms with Crippen LogP contribution < -0.4 is 0 Å². The summed E-state index contributed by atoms with van der Waals surface area (Å²) in [6.45, 7) is 3.99. The number of hydrogen-bond acceptors (Lipinski definition) is 5. The van der Waals surface area contributed by atoms with E-state index in [2.05, 4.69) is 0 Å². The van der Waals surface area contributed by atoms with Crippen LogP contribution in [0.2, 0.25) is 5.02 Å². The van der Waals surface area contributed by atoms with Crippen LogP contribution in [0.15, 0.2) is 17.0 Å². The van der Waals surface area contributed by atoms with Gasteiger partial charge in [-0.25, -0.2) is 17.6 Å². The highest BCUT2D eigenvalue weighted by Gasteiger charge is 2.23. The normalized spacial score (nSPS) is 13.0. The summed E-state index contributed by atoms with van der Waals surface area (Å²) in [5.74, 6) is -2.04. The standard InChI is InChI=1S/C12H13Cl2FO5S/c1-3-19-6-7(2)20-12(16)8-4-11(21(14,17)18)10(15)5-9(8)13/h4-5,7H,3,6H2,1-2H3. The summed E-state index contributed by atoms with van der Waals surface area (Å²) in [6.07, 6.45) is -0.574. The first-order chi connectivity index (χ1) is 9.66. The van der Waals surface area contributed by atoms with Gasteiger partial charge in [0.05, 0.1) is 17.2 Å². The van der Waals surface area contributed by atoms with E-state index in [4.69, 9.17) is 31.8 Å². The zero-order valence-corrected chi connectivity index (χ0v) is 13.6. The lowest BCUT2D eigenvalue weighted by Gasteiger charge is -2.14. The van der Waals surface area contributed by atoms with E-state index in [0.717, 1.165) is 6.07 Å². The third-order valence-corrected chi connectivity index (χ3v) is 4.02. The molecule has 0 heterocycles. The van der Waals surface area contributed by atoms with Crippen molar-refractivity contribution in [1.82, 2.24) is 0 Å². The summed E-state index contributed by atoms with van der Waals surface area (Å²) in [4.78, 5) is 11.1. The number of halogens is 3. The predicted octanol–water partition coefficient (Wildman–Crippen LogP) is 2.99. The van der Waals surface area contributed by atoms with E-state index in [1.807, 2.05) is 0 Å². The van der Waals surface area contributed by atoms with Gasteiger partial charge < -0.3 is 9.47 Å². The number of hydrogen-bond donors (Lipinski definition) is 0. The first-order valence-corrected chi connectivity index (χ1v) is 8.58. The van der Waals surface area contributed by atoms with Gasteiger partial charge in [-0.3, -0.25) is 0 Å². The first-order valence-electron chi connectivity index (χ1n) is 5.89. The molecule has 0 aliphatic heterocycles. The monoisotopic (exact) mass is 358 g/mol. The topological polar surface area (TPSA) is 69.7 Å². The molecule has 0 saturated heterocycles. The number of esters is 1. The van der Waals surface area contributed by atoms with Crippen molar-refractivity contribution in [2.75, 3.05) is 13.2 Å². The van der Waals surface area contributed by atoms with Crippen molar-refractivity contribution in [3.63, 3.8) is 0 Å². The highest BCUT2D eigenvalue weighted by molar-refractivity contribution is 8.13. The molecule has 0 fully saturated rings. The zero-order chi connectivity index (χ0) is 16.2. The van der Waals surface area contributed by atoms with E-state index in [-0.39, 0.29) is 17.2 Å². The summed E-state index contributed by atoms with van der Waals surface area (Å²) >= 11 is 5.72. The van der Waals surface area contributed by atoms with E-state index >= 15 is 0 Å². The molecule has 0 bridgehead atoms. The molecule has 0 saturated carbocycles. The molecule has 0 aromatic heterocycles. The first kappa shape index (κ1) is 18.2. The van der Waals surface area contributed by atoms with Crippen LogP contribution in [0.4, 0.5) is 4.39 Å². The summed E-state index contributed by atoms with van der Waals surface area (Å²) in [5.41, 5.74) is -0.291. The van der Waals surface area contributed by atoms with Gasteiger partial charge in [0.2, 0.25) is 0 Å². The van der Waals surface area contributed by atoms with Crippen molar-refractivity contribution in [2.45, 2.75) is 24.8 Å². The third kappa shape index (κ3) is 5.10. The highest BCUT2D eigenvalue weighted by atomic mass is 35.7. The Hall–Kier alpha value is -0.890. The molecular weight excluding hydrogens is 346 g/mol. The molecule has 0 aliphatic carbocycles. The third-order valence-electron chi connectivity index (χ3n) is 2.37. The van der Waals surface area contributed by atoms with Gasteiger partial charge in [-0.2, -0.15) is 0 Å². The van der Waals surface area contributed by atoms with Gasteiger partial charge in [0.15, 0.2) is 0 Å². The SMILES string of the molecule is CCOCC(C)OC(=O)c1cc(S(=O)(=O)Cl)c(F)cc1Cl. The molecule has 0 aliphatic rings. The van der Waals surface area contributed by atoms with E-state index in [9.17, 15) is 17.6 Å². The van der Waals surface area contributed by atoms with Crippen LogP contribution in [0.1, 0.15) is 24.2 Å². The molecule has 9 heteroatoms. The molecule has 5 nitrogen and oxygen atoms in total. The van der Waals surface area contributed by atoms with Crippen LogP contribution in [-0.2, 0) is 18.5 Å². The van der Waals surface area contributed by atoms with Gasteiger partial charge in [0, 0.05) is 17.3 Å². The molecule has 1 unspecified atom stereocenters. The van der Waals surface area contributed by atoms with Gasteiger partial charge in [-0.05, 0) is 26.0 Å². The van der Waals surface area contributed by atoms with E-state index in [1.54, 1.807) is 13.8 Å². The Bertz CT molecular complexity index is 633. The lowest BCUT2D eigenvalue weighted by Crippen LogP contribution is -2.21. The van der Waals surface area contributed by atoms with Crippen LogP contribution in [0.25, 0.3) is 0 Å². The molecule has 21 heavy (non-hydrogen) atoms. The zero-order valence-electron chi connectivity index (χ0n) is 11.2. The second-order valence-electron chi connectivity index (χ2n) is 4.08. The van der Waals surface area contributed by atoms with Crippen molar-refractivity contribution in [3.05, 3.63) is 28.5 Å². The Kier molecular flexibility index (Phi) is 6.40. The number of rotatable bonds is 6. The van der Waals surface area contributed by atoms with Gasteiger partial charge >= 0.3 is 5.97 Å². The summed E-state index contributed by atoms with van der Waals surface area (Å²) < 4.78 is 46.0. The molecule has 1 aromatic rings. The van der Waals surface area contributed by atoms with Crippen molar-refractivity contribution >= 4 is 37.3 Å². The number of benzene rings is 1. The maximum Gasteiger partial charge on any atom is 0.340 e. The maximum atomic E-state index is 13.5. The van der Waals surface area contributed by atoms with Crippen LogP contribution in [0.3, 0.4) is 0 Å². The minimum Gasteiger partial charge on any atom is -0.457 e. The Balaban J connectivity index is 3.05. The lowest BCUT2D eigenvalue weighted by atomic mass is 10.2. The summed E-state index contributed by atoms with van der Waals surface area (Å²) in [6, 6.07) is 1.44. The molecule has 1 rings (SSSR count). The molecule has 0 N–H and O–H groups in total. The van der Waals surface area contributed by atoms with Gasteiger partial charge in [-0.1, -0.05) is 11.6 Å². The van der Waals surface area contributed by atoms with Crippen molar-refractivity contribution in [1.29, 1.82) is 0 Å². The summed E-state index contributed by atoms with van der Waals surface area (Å²) in [5, 5.41) is -0.273. The Morgan fingerprint density at radius 2 is 2.05 bits per heavy atom. The van der Waals surface area contributed by atoms with Gasteiger partial charge in [0.1, 0.15) is 16.8 Å². The smallest absolute Gasteiger partial charge is 0.340 e. The average Bonchev–Trinajstić information content (AvgIpc) is 2.34. The van der Waals surface area contributed by atoms with Crippen LogP contribution in [-0.4, -0.2) is 33.7 Å². The highest BCUT2D eigenvalue weighted by Crippen LogP contribution is 2.27. The molecule has 0 amide bonds. The second kappa shape index (κ2) is 7.40. The van der Waals surface area contributed by atoms with Crippen molar-refractivity contribution < 1.29 is 27.1 Å². The Morgan fingerprint density at radius 1 is 1.43 bits per heavy atom. The largest absolute Gasteiger partial charge is 0.457 e. The fourth-order valence-corrected chi connectivity index (χ4v) is 2.57. The minimum absolute atomic E-state index is 0.168.